The molecule has 0 saturated carbocycles. The minimum absolute atomic E-state index is 0.998. The van der Waals surface area contributed by atoms with Crippen molar-refractivity contribution in [1.29, 1.82) is 0 Å². The van der Waals surface area contributed by atoms with Crippen molar-refractivity contribution in [3.8, 4) is 0 Å². The lowest BCUT2D eigenvalue weighted by Gasteiger charge is -2.15. The standard InChI is InChI=1S/C4H9FO2/c1-3(5)4(2,6)7/h3,6-7H,1-2H3. The molecule has 1 unspecified atom stereocenters. The summed E-state index contributed by atoms with van der Waals surface area (Å²) in [6, 6.07) is 0. The van der Waals surface area contributed by atoms with Crippen molar-refractivity contribution in [3.63, 3.8) is 0 Å². The van der Waals surface area contributed by atoms with E-state index in [2.05, 4.69) is 0 Å². The van der Waals surface area contributed by atoms with Crippen LogP contribution in [0.2, 0.25) is 0 Å². The van der Waals surface area contributed by atoms with Crippen LogP contribution in [0.25, 0.3) is 0 Å². The Morgan fingerprint density at radius 3 is 1.71 bits per heavy atom. The molecule has 0 aromatic carbocycles. The Hall–Kier alpha value is -0.150. The van der Waals surface area contributed by atoms with Gasteiger partial charge in [-0.15, -0.1) is 0 Å². The zero-order chi connectivity index (χ0) is 6.08. The van der Waals surface area contributed by atoms with Gasteiger partial charge in [0.05, 0.1) is 0 Å². The van der Waals surface area contributed by atoms with E-state index in [1.807, 2.05) is 0 Å². The van der Waals surface area contributed by atoms with E-state index in [0.29, 0.717) is 0 Å². The molecule has 0 aromatic heterocycles. The predicted octanol–water partition coefficient (Wildman–Crippen LogP) is 0.0452. The van der Waals surface area contributed by atoms with Crippen LogP contribution in [0, 0.1) is 0 Å². The number of halogens is 1. The van der Waals surface area contributed by atoms with Crippen molar-refractivity contribution >= 4 is 0 Å². The van der Waals surface area contributed by atoms with Gasteiger partial charge in [-0.25, -0.2) is 4.39 Å². The number of aliphatic hydroxyl groups is 2. The van der Waals surface area contributed by atoms with E-state index >= 15 is 0 Å². The summed E-state index contributed by atoms with van der Waals surface area (Å²) in [5.41, 5.74) is 0. The van der Waals surface area contributed by atoms with E-state index in [1.165, 1.54) is 0 Å². The lowest BCUT2D eigenvalue weighted by Crippen LogP contribution is -2.33. The highest BCUT2D eigenvalue weighted by Crippen LogP contribution is 2.06. The van der Waals surface area contributed by atoms with E-state index in [1.54, 1.807) is 0 Å². The minimum atomic E-state index is -2.17. The van der Waals surface area contributed by atoms with Crippen LogP contribution in [0.15, 0.2) is 0 Å². The second-order valence-corrected chi connectivity index (χ2v) is 1.71. The quantitative estimate of drug-likeness (QED) is 0.466. The molecule has 2 N–H and O–H groups in total. The van der Waals surface area contributed by atoms with Gasteiger partial charge < -0.3 is 10.2 Å². The van der Waals surface area contributed by atoms with Gasteiger partial charge >= 0.3 is 0 Å². The van der Waals surface area contributed by atoms with Crippen molar-refractivity contribution in [2.75, 3.05) is 0 Å². The first-order valence-electron chi connectivity index (χ1n) is 2.03. The van der Waals surface area contributed by atoms with Crippen molar-refractivity contribution in [2.45, 2.75) is 25.8 Å². The number of hydrogen-bond acceptors (Lipinski definition) is 2. The molecule has 1 atom stereocenters. The lowest BCUT2D eigenvalue weighted by atomic mass is 10.2. The van der Waals surface area contributed by atoms with Crippen molar-refractivity contribution in [3.05, 3.63) is 0 Å². The topological polar surface area (TPSA) is 40.5 Å². The van der Waals surface area contributed by atoms with E-state index in [9.17, 15) is 4.39 Å². The minimum Gasteiger partial charge on any atom is -0.364 e. The third-order valence-corrected chi connectivity index (χ3v) is 0.754. The Morgan fingerprint density at radius 1 is 1.57 bits per heavy atom. The predicted molar refractivity (Wildman–Crippen MR) is 23.4 cm³/mol. The molecule has 0 bridgehead atoms. The van der Waals surface area contributed by atoms with Crippen molar-refractivity contribution < 1.29 is 14.6 Å². The highest BCUT2D eigenvalue weighted by atomic mass is 19.1. The van der Waals surface area contributed by atoms with Crippen LogP contribution in [0.3, 0.4) is 0 Å². The second-order valence-electron chi connectivity index (χ2n) is 1.71. The normalized spacial score (nSPS) is 16.7. The number of alkyl halides is 1. The summed E-state index contributed by atoms with van der Waals surface area (Å²) in [4.78, 5) is 0. The van der Waals surface area contributed by atoms with Crippen LogP contribution in [-0.2, 0) is 0 Å². The van der Waals surface area contributed by atoms with Gasteiger partial charge in [-0.3, -0.25) is 0 Å². The van der Waals surface area contributed by atoms with E-state index < -0.39 is 12.0 Å². The first-order chi connectivity index (χ1) is 2.94. The van der Waals surface area contributed by atoms with Crippen LogP contribution in [-0.4, -0.2) is 22.2 Å². The van der Waals surface area contributed by atoms with E-state index in [0.717, 1.165) is 13.8 Å². The molecular formula is C4H9FO2. The zero-order valence-corrected chi connectivity index (χ0v) is 4.35. The smallest absolute Gasteiger partial charge is 0.191 e. The first-order valence-corrected chi connectivity index (χ1v) is 2.03. The fourth-order valence-corrected chi connectivity index (χ4v) is 0. The molecule has 0 aliphatic carbocycles. The highest BCUT2D eigenvalue weighted by Gasteiger charge is 2.23. The largest absolute Gasteiger partial charge is 0.364 e. The Balaban J connectivity index is 3.54. The molecule has 0 aromatic rings. The molecule has 2 nitrogen and oxygen atoms in total. The fourth-order valence-electron chi connectivity index (χ4n) is 0. The maximum atomic E-state index is 11.7. The fraction of sp³-hybridized carbons (Fsp3) is 1.00. The molecule has 0 heterocycles. The molecule has 0 radical (unpaired) electrons. The van der Waals surface area contributed by atoms with Crippen LogP contribution < -0.4 is 0 Å². The summed E-state index contributed by atoms with van der Waals surface area (Å²) >= 11 is 0. The van der Waals surface area contributed by atoms with Gasteiger partial charge in [-0.2, -0.15) is 0 Å². The van der Waals surface area contributed by atoms with Gasteiger partial charge in [0.25, 0.3) is 0 Å². The highest BCUT2D eigenvalue weighted by molar-refractivity contribution is 4.62. The van der Waals surface area contributed by atoms with Crippen LogP contribution in [0.1, 0.15) is 13.8 Å². The molecule has 0 amide bonds. The Labute approximate surface area is 41.6 Å². The zero-order valence-electron chi connectivity index (χ0n) is 4.35. The molecule has 0 spiro atoms. The summed E-state index contributed by atoms with van der Waals surface area (Å²) in [6.45, 7) is 2.08. The molecule has 7 heavy (non-hydrogen) atoms. The Morgan fingerprint density at radius 2 is 1.71 bits per heavy atom. The molecule has 44 valence electrons. The summed E-state index contributed by atoms with van der Waals surface area (Å²) < 4.78 is 11.7. The maximum Gasteiger partial charge on any atom is 0.191 e. The molecule has 0 fully saturated rings. The first kappa shape index (κ1) is 6.85. The van der Waals surface area contributed by atoms with Crippen LogP contribution in [0.5, 0.6) is 0 Å². The molecular weight excluding hydrogens is 99.0 g/mol. The number of hydrogen-bond donors (Lipinski definition) is 2. The van der Waals surface area contributed by atoms with Gasteiger partial charge in [0.15, 0.2) is 12.0 Å². The van der Waals surface area contributed by atoms with Gasteiger partial charge in [0.2, 0.25) is 0 Å². The van der Waals surface area contributed by atoms with Gasteiger partial charge in [-0.05, 0) is 13.8 Å². The van der Waals surface area contributed by atoms with Crippen LogP contribution in [0.4, 0.5) is 4.39 Å². The van der Waals surface area contributed by atoms with Crippen molar-refractivity contribution in [1.82, 2.24) is 0 Å². The summed E-state index contributed by atoms with van der Waals surface area (Å²) in [5, 5.41) is 16.6. The van der Waals surface area contributed by atoms with Gasteiger partial charge in [-0.1, -0.05) is 0 Å². The van der Waals surface area contributed by atoms with Gasteiger partial charge in [0.1, 0.15) is 0 Å². The average Bonchev–Trinajstić information content (AvgIpc) is 1.31. The number of rotatable bonds is 1. The monoisotopic (exact) mass is 108 g/mol. The molecule has 0 rings (SSSR count). The van der Waals surface area contributed by atoms with E-state index in [-0.39, 0.29) is 0 Å². The Bertz CT molecular complexity index is 55.2. The Kier molecular flexibility index (Phi) is 1.72. The molecule has 0 saturated heterocycles. The maximum absolute atomic E-state index is 11.7. The van der Waals surface area contributed by atoms with Crippen LogP contribution >= 0.6 is 0 Å². The SMILES string of the molecule is CC(F)C(C)(O)O. The third-order valence-electron chi connectivity index (χ3n) is 0.754. The van der Waals surface area contributed by atoms with Crippen molar-refractivity contribution in [2.24, 2.45) is 0 Å². The van der Waals surface area contributed by atoms with Gasteiger partial charge in [0, 0.05) is 0 Å². The summed E-state index contributed by atoms with van der Waals surface area (Å²) in [5.74, 6) is -2.17. The summed E-state index contributed by atoms with van der Waals surface area (Å²) in [7, 11) is 0. The molecule has 0 aliphatic heterocycles. The second kappa shape index (κ2) is 1.76. The average molecular weight is 108 g/mol. The molecule has 0 aliphatic rings. The third kappa shape index (κ3) is 2.53. The van der Waals surface area contributed by atoms with E-state index in [4.69, 9.17) is 10.2 Å². The molecule has 3 heteroatoms. The summed E-state index contributed by atoms with van der Waals surface area (Å²) in [6.07, 6.45) is -1.59. The lowest BCUT2D eigenvalue weighted by molar-refractivity contribution is -0.185.